The van der Waals surface area contributed by atoms with Crippen molar-refractivity contribution in [2.45, 2.75) is 13.5 Å². The average Bonchev–Trinajstić information content (AvgIpc) is 2.57. The molecule has 3 rings (SSSR count). The van der Waals surface area contributed by atoms with Crippen molar-refractivity contribution in [3.05, 3.63) is 51.3 Å². The maximum absolute atomic E-state index is 12.3. The lowest BCUT2D eigenvalue weighted by Gasteiger charge is -2.26. The van der Waals surface area contributed by atoms with Crippen LogP contribution in [-0.2, 0) is 11.3 Å². The third-order valence-corrected chi connectivity index (χ3v) is 4.36. The fourth-order valence-electron chi connectivity index (χ4n) is 2.69. The van der Waals surface area contributed by atoms with Crippen molar-refractivity contribution < 1.29 is 4.74 Å². The molecule has 1 aliphatic heterocycles. The summed E-state index contributed by atoms with van der Waals surface area (Å²) < 4.78 is 6.89. The van der Waals surface area contributed by atoms with Gasteiger partial charge in [-0.2, -0.15) is 5.10 Å². The van der Waals surface area contributed by atoms with Crippen LogP contribution in [0.15, 0.2) is 35.1 Å². The van der Waals surface area contributed by atoms with Crippen LogP contribution in [0.4, 0.5) is 0 Å². The standard InChI is InChI=1S/C17H20ClN3O2.ClH/c1-13-12-16(14-4-2-3-5-15(14)18)19-21(17(13)22)7-6-20-8-10-23-11-9-20;/h2-5,12H,6-11H2,1H3;1H. The summed E-state index contributed by atoms with van der Waals surface area (Å²) in [4.78, 5) is 14.6. The highest BCUT2D eigenvalue weighted by molar-refractivity contribution is 6.33. The maximum Gasteiger partial charge on any atom is 0.269 e. The zero-order valence-electron chi connectivity index (χ0n) is 13.6. The minimum atomic E-state index is -0.0472. The molecule has 1 fully saturated rings. The summed E-state index contributed by atoms with van der Waals surface area (Å²) >= 11 is 6.25. The number of morpholine rings is 1. The molecule has 0 bridgehead atoms. The first kappa shape index (κ1) is 18.9. The molecule has 7 heteroatoms. The number of aromatic nitrogens is 2. The molecular weight excluding hydrogens is 349 g/mol. The molecule has 1 aromatic heterocycles. The molecule has 130 valence electrons. The van der Waals surface area contributed by atoms with Gasteiger partial charge in [0.05, 0.1) is 30.5 Å². The Balaban J connectivity index is 0.00000208. The minimum Gasteiger partial charge on any atom is -0.379 e. The molecule has 0 saturated carbocycles. The zero-order chi connectivity index (χ0) is 16.2. The first-order valence-corrected chi connectivity index (χ1v) is 8.17. The third-order valence-electron chi connectivity index (χ3n) is 4.03. The summed E-state index contributed by atoms with van der Waals surface area (Å²) in [6.45, 7) is 6.48. The minimum absolute atomic E-state index is 0. The number of halogens is 2. The lowest BCUT2D eigenvalue weighted by molar-refractivity contribution is 0.0358. The predicted molar refractivity (Wildman–Crippen MR) is 98.2 cm³/mol. The van der Waals surface area contributed by atoms with Crippen molar-refractivity contribution in [1.82, 2.24) is 14.7 Å². The molecule has 24 heavy (non-hydrogen) atoms. The molecule has 1 saturated heterocycles. The fraction of sp³-hybridized carbons (Fsp3) is 0.412. The van der Waals surface area contributed by atoms with E-state index in [0.29, 0.717) is 17.1 Å². The summed E-state index contributed by atoms with van der Waals surface area (Å²) in [6, 6.07) is 9.35. The Hall–Kier alpha value is -1.40. The van der Waals surface area contributed by atoms with Crippen molar-refractivity contribution in [2.24, 2.45) is 0 Å². The SMILES string of the molecule is Cc1cc(-c2ccccc2Cl)nn(CCN2CCOCC2)c1=O.Cl. The predicted octanol–water partition coefficient (Wildman–Crippen LogP) is 2.63. The van der Waals surface area contributed by atoms with Crippen LogP contribution in [0.5, 0.6) is 0 Å². The van der Waals surface area contributed by atoms with Crippen molar-refractivity contribution in [3.8, 4) is 11.3 Å². The van der Waals surface area contributed by atoms with E-state index < -0.39 is 0 Å². The molecule has 0 atom stereocenters. The van der Waals surface area contributed by atoms with Crippen LogP contribution in [0, 0.1) is 6.92 Å². The average molecular weight is 370 g/mol. The van der Waals surface area contributed by atoms with Gasteiger partial charge in [0.1, 0.15) is 0 Å². The first-order valence-electron chi connectivity index (χ1n) is 7.79. The Morgan fingerprint density at radius 2 is 1.92 bits per heavy atom. The number of benzene rings is 1. The molecule has 1 aliphatic rings. The van der Waals surface area contributed by atoms with Gasteiger partial charge in [-0.15, -0.1) is 12.4 Å². The van der Waals surface area contributed by atoms with Crippen LogP contribution in [0.1, 0.15) is 5.56 Å². The van der Waals surface area contributed by atoms with Gasteiger partial charge in [-0.3, -0.25) is 9.69 Å². The number of aryl methyl sites for hydroxylation is 1. The second-order valence-corrected chi connectivity index (χ2v) is 6.08. The highest BCUT2D eigenvalue weighted by Crippen LogP contribution is 2.25. The van der Waals surface area contributed by atoms with Crippen LogP contribution < -0.4 is 5.56 Å². The van der Waals surface area contributed by atoms with Gasteiger partial charge in [0.15, 0.2) is 0 Å². The Kier molecular flexibility index (Phi) is 6.80. The largest absolute Gasteiger partial charge is 0.379 e. The molecule has 5 nitrogen and oxygen atoms in total. The van der Waals surface area contributed by atoms with Gasteiger partial charge in [-0.05, 0) is 19.1 Å². The quantitative estimate of drug-likeness (QED) is 0.830. The van der Waals surface area contributed by atoms with Crippen LogP contribution in [0.25, 0.3) is 11.3 Å². The van der Waals surface area contributed by atoms with Crippen LogP contribution in [0.2, 0.25) is 5.02 Å². The summed E-state index contributed by atoms with van der Waals surface area (Å²) in [7, 11) is 0. The number of ether oxygens (including phenoxy) is 1. The molecule has 0 N–H and O–H groups in total. The van der Waals surface area contributed by atoms with E-state index in [9.17, 15) is 4.79 Å². The van der Waals surface area contributed by atoms with Gasteiger partial charge in [0, 0.05) is 30.8 Å². The van der Waals surface area contributed by atoms with Gasteiger partial charge in [0.25, 0.3) is 5.56 Å². The van der Waals surface area contributed by atoms with Gasteiger partial charge >= 0.3 is 0 Å². The summed E-state index contributed by atoms with van der Waals surface area (Å²) in [5, 5.41) is 5.15. The smallest absolute Gasteiger partial charge is 0.269 e. The van der Waals surface area contributed by atoms with E-state index in [0.717, 1.165) is 44.1 Å². The molecule has 0 radical (unpaired) electrons. The van der Waals surface area contributed by atoms with E-state index in [1.807, 2.05) is 31.2 Å². The maximum atomic E-state index is 12.3. The van der Waals surface area contributed by atoms with Gasteiger partial charge < -0.3 is 4.74 Å². The summed E-state index contributed by atoms with van der Waals surface area (Å²) in [6.07, 6.45) is 0. The molecule has 0 amide bonds. The van der Waals surface area contributed by atoms with Crippen LogP contribution in [0.3, 0.4) is 0 Å². The molecular formula is C17H21Cl2N3O2. The number of hydrogen-bond donors (Lipinski definition) is 0. The van der Waals surface area contributed by atoms with E-state index in [-0.39, 0.29) is 18.0 Å². The highest BCUT2D eigenvalue weighted by Gasteiger charge is 2.13. The van der Waals surface area contributed by atoms with E-state index in [2.05, 4.69) is 10.00 Å². The van der Waals surface area contributed by atoms with Gasteiger partial charge in [-0.25, -0.2) is 4.68 Å². The Bertz CT molecular complexity index is 743. The summed E-state index contributed by atoms with van der Waals surface area (Å²) in [5.74, 6) is 0. The monoisotopic (exact) mass is 369 g/mol. The number of nitrogens with zero attached hydrogens (tertiary/aromatic N) is 3. The molecule has 2 aromatic rings. The molecule has 0 unspecified atom stereocenters. The van der Waals surface area contributed by atoms with Crippen molar-refractivity contribution in [1.29, 1.82) is 0 Å². The van der Waals surface area contributed by atoms with E-state index >= 15 is 0 Å². The topological polar surface area (TPSA) is 47.4 Å². The third kappa shape index (κ3) is 4.36. The zero-order valence-corrected chi connectivity index (χ0v) is 15.1. The van der Waals surface area contributed by atoms with Gasteiger partial charge in [-0.1, -0.05) is 29.8 Å². The van der Waals surface area contributed by atoms with Gasteiger partial charge in [0.2, 0.25) is 0 Å². The fourth-order valence-corrected chi connectivity index (χ4v) is 2.92. The molecule has 2 heterocycles. The second kappa shape index (κ2) is 8.62. The van der Waals surface area contributed by atoms with Crippen molar-refractivity contribution >= 4 is 24.0 Å². The lowest BCUT2D eigenvalue weighted by Crippen LogP contribution is -2.40. The Morgan fingerprint density at radius 1 is 1.21 bits per heavy atom. The first-order chi connectivity index (χ1) is 11.1. The second-order valence-electron chi connectivity index (χ2n) is 5.67. The lowest BCUT2D eigenvalue weighted by atomic mass is 10.1. The van der Waals surface area contributed by atoms with Crippen LogP contribution in [-0.4, -0.2) is 47.5 Å². The molecule has 0 aliphatic carbocycles. The highest BCUT2D eigenvalue weighted by atomic mass is 35.5. The molecule has 0 spiro atoms. The van der Waals surface area contributed by atoms with Crippen LogP contribution >= 0.6 is 24.0 Å². The van der Waals surface area contributed by atoms with Crippen molar-refractivity contribution in [2.75, 3.05) is 32.8 Å². The molecule has 1 aromatic carbocycles. The Labute approximate surface area is 152 Å². The number of rotatable bonds is 4. The van der Waals surface area contributed by atoms with E-state index in [1.165, 1.54) is 0 Å². The summed E-state index contributed by atoms with van der Waals surface area (Å²) in [5.41, 5.74) is 2.21. The van der Waals surface area contributed by atoms with Crippen molar-refractivity contribution in [3.63, 3.8) is 0 Å². The Morgan fingerprint density at radius 3 is 2.62 bits per heavy atom. The van der Waals surface area contributed by atoms with E-state index in [1.54, 1.807) is 10.7 Å². The van der Waals surface area contributed by atoms with E-state index in [4.69, 9.17) is 16.3 Å². The number of hydrogen-bond acceptors (Lipinski definition) is 4. The normalized spacial score (nSPS) is 15.1.